The molecule has 3 aromatic rings. The van der Waals surface area contributed by atoms with E-state index in [-0.39, 0.29) is 0 Å². The van der Waals surface area contributed by atoms with E-state index in [9.17, 15) is 13.2 Å². The van der Waals surface area contributed by atoms with Crippen molar-refractivity contribution in [3.05, 3.63) is 90.5 Å². The van der Waals surface area contributed by atoms with E-state index in [0.29, 0.717) is 12.1 Å². The Morgan fingerprint density at radius 1 is 0.931 bits per heavy atom. The van der Waals surface area contributed by atoms with Gasteiger partial charge in [0, 0.05) is 0 Å². The second kappa shape index (κ2) is 9.23. The first-order valence-corrected chi connectivity index (χ1v) is 10.1. The average Bonchev–Trinajstić information content (AvgIpc) is 3.17. The summed E-state index contributed by atoms with van der Waals surface area (Å²) in [6.45, 7) is 4.46. The molecule has 0 saturated carbocycles. The second-order valence-corrected chi connectivity index (χ2v) is 7.75. The number of hydrogen-bond donors (Lipinski definition) is 0. The van der Waals surface area contributed by atoms with Gasteiger partial charge in [0.05, 0.1) is 0 Å². The number of halogens is 3. The minimum Gasteiger partial charge on any atom is -0.741 e. The molecule has 9 heteroatoms. The lowest BCUT2D eigenvalue weighted by Crippen LogP contribution is -2.36. The highest BCUT2D eigenvalue weighted by Gasteiger charge is 2.36. The van der Waals surface area contributed by atoms with Gasteiger partial charge >= 0.3 is 5.51 Å². The van der Waals surface area contributed by atoms with Gasteiger partial charge in [0.1, 0.15) is 24.5 Å². The third-order valence-corrected chi connectivity index (χ3v) is 4.99. The Kier molecular flexibility index (Phi) is 7.21. The molecular formula is C20H21F3N2O3S. The summed E-state index contributed by atoms with van der Waals surface area (Å²) in [7, 11) is -6.09. The van der Waals surface area contributed by atoms with E-state index in [1.54, 1.807) is 0 Å². The number of imidazole rings is 1. The van der Waals surface area contributed by atoms with Crippen LogP contribution in [0, 0.1) is 0 Å². The fourth-order valence-electron chi connectivity index (χ4n) is 2.65. The number of aromatic nitrogens is 2. The Hall–Kier alpha value is -2.65. The molecule has 5 nitrogen and oxygen atoms in total. The maximum Gasteiger partial charge on any atom is 0.485 e. The van der Waals surface area contributed by atoms with E-state index in [2.05, 4.69) is 102 Å². The molecule has 0 bridgehead atoms. The molecule has 0 aliphatic rings. The Morgan fingerprint density at radius 3 is 1.83 bits per heavy atom. The molecule has 0 aliphatic heterocycles. The zero-order chi connectivity index (χ0) is 21.7. The lowest BCUT2D eigenvalue weighted by atomic mass is 10.1. The molecule has 2 aromatic carbocycles. The van der Waals surface area contributed by atoms with Crippen molar-refractivity contribution in [3.63, 3.8) is 0 Å². The van der Waals surface area contributed by atoms with Crippen LogP contribution in [0.5, 0.6) is 0 Å². The number of alkyl halides is 3. The van der Waals surface area contributed by atoms with Crippen molar-refractivity contribution in [1.82, 2.24) is 4.57 Å². The van der Waals surface area contributed by atoms with E-state index in [1.165, 1.54) is 11.1 Å². The van der Waals surface area contributed by atoms with Crippen molar-refractivity contribution in [2.45, 2.75) is 31.4 Å². The minimum absolute atomic E-state index is 0.343. The van der Waals surface area contributed by atoms with Gasteiger partial charge in [-0.25, -0.2) is 17.6 Å². The molecule has 0 amide bonds. The summed E-state index contributed by atoms with van der Waals surface area (Å²) in [5.41, 5.74) is -2.99. The number of benzene rings is 2. The average molecular weight is 426 g/mol. The Labute approximate surface area is 167 Å². The second-order valence-electron chi connectivity index (χ2n) is 6.38. The van der Waals surface area contributed by atoms with Gasteiger partial charge in [0.15, 0.2) is 10.1 Å². The van der Waals surface area contributed by atoms with Crippen LogP contribution in [-0.4, -0.2) is 23.0 Å². The highest BCUT2D eigenvalue weighted by Crippen LogP contribution is 2.20. The molecule has 0 N–H and O–H groups in total. The molecular weight excluding hydrogens is 405 g/mol. The maximum absolute atomic E-state index is 10.7. The van der Waals surface area contributed by atoms with Gasteiger partial charge in [-0.1, -0.05) is 60.7 Å². The maximum atomic E-state index is 10.7. The van der Waals surface area contributed by atoms with Gasteiger partial charge in [0.2, 0.25) is 6.33 Å². The summed E-state index contributed by atoms with van der Waals surface area (Å²) in [5.74, 6) is 0. The highest BCUT2D eigenvalue weighted by atomic mass is 32.2. The third-order valence-electron chi connectivity index (χ3n) is 4.42. The standard InChI is InChI=1S/C19H21N2.CHF3O3S/c1-16(18-9-5-3-6-10-18)20-13-14-21(15-20)17(2)19-11-7-4-8-12-19;2-1(3,4)8(5,6)7/h3-17H,1-2H3;(H,5,6,7)/q+1;/p-1. The third kappa shape index (κ3) is 6.16. The lowest BCUT2D eigenvalue weighted by molar-refractivity contribution is -0.710. The summed E-state index contributed by atoms with van der Waals surface area (Å²) < 4.78 is 63.4. The van der Waals surface area contributed by atoms with Crippen molar-refractivity contribution in [2.75, 3.05) is 0 Å². The van der Waals surface area contributed by atoms with E-state index in [1.807, 2.05) is 0 Å². The van der Waals surface area contributed by atoms with Crippen molar-refractivity contribution >= 4 is 10.1 Å². The van der Waals surface area contributed by atoms with Gasteiger partial charge in [-0.2, -0.15) is 13.2 Å². The van der Waals surface area contributed by atoms with Crippen LogP contribution in [0.2, 0.25) is 0 Å². The summed E-state index contributed by atoms with van der Waals surface area (Å²) in [6, 6.07) is 21.9. The van der Waals surface area contributed by atoms with Crippen LogP contribution in [0.1, 0.15) is 37.1 Å². The predicted molar refractivity (Wildman–Crippen MR) is 101 cm³/mol. The van der Waals surface area contributed by atoms with E-state index in [4.69, 9.17) is 13.0 Å². The van der Waals surface area contributed by atoms with E-state index < -0.39 is 15.6 Å². The number of nitrogens with zero attached hydrogens (tertiary/aromatic N) is 2. The first-order chi connectivity index (χ1) is 13.5. The number of hydrogen-bond acceptors (Lipinski definition) is 3. The molecule has 156 valence electrons. The van der Waals surface area contributed by atoms with Crippen molar-refractivity contribution in [1.29, 1.82) is 0 Å². The predicted octanol–water partition coefficient (Wildman–Crippen LogP) is 4.05. The van der Waals surface area contributed by atoms with Crippen LogP contribution in [0.3, 0.4) is 0 Å². The zero-order valence-electron chi connectivity index (χ0n) is 15.8. The van der Waals surface area contributed by atoms with Gasteiger partial charge in [-0.15, -0.1) is 0 Å². The Bertz CT molecular complexity index is 944. The monoisotopic (exact) mass is 426 g/mol. The summed E-state index contributed by atoms with van der Waals surface area (Å²) in [6.07, 6.45) is 6.49. The molecule has 0 spiro atoms. The van der Waals surface area contributed by atoms with Gasteiger partial charge < -0.3 is 4.55 Å². The summed E-state index contributed by atoms with van der Waals surface area (Å²) in [5, 5.41) is 0. The molecule has 1 aromatic heterocycles. The Morgan fingerprint density at radius 2 is 1.38 bits per heavy atom. The zero-order valence-corrected chi connectivity index (χ0v) is 16.6. The molecule has 2 atom stereocenters. The fourth-order valence-corrected chi connectivity index (χ4v) is 2.65. The van der Waals surface area contributed by atoms with Crippen molar-refractivity contribution in [2.24, 2.45) is 0 Å². The van der Waals surface area contributed by atoms with Crippen LogP contribution >= 0.6 is 0 Å². The van der Waals surface area contributed by atoms with Crippen LogP contribution in [0.4, 0.5) is 13.2 Å². The SMILES string of the molecule is CC(c1ccccc1)n1cc[n+](C(C)c2ccccc2)c1.O=S(=O)([O-])C(F)(F)F. The molecule has 1 heterocycles. The van der Waals surface area contributed by atoms with E-state index >= 15 is 0 Å². The van der Waals surface area contributed by atoms with Gasteiger partial charge in [-0.3, -0.25) is 0 Å². The molecule has 0 aliphatic carbocycles. The van der Waals surface area contributed by atoms with Crippen LogP contribution in [0.25, 0.3) is 0 Å². The normalized spacial score (nSPS) is 13.9. The van der Waals surface area contributed by atoms with Crippen LogP contribution in [-0.2, 0) is 10.1 Å². The Balaban J connectivity index is 0.000000321. The van der Waals surface area contributed by atoms with E-state index in [0.717, 1.165) is 0 Å². The van der Waals surface area contributed by atoms with Crippen molar-refractivity contribution in [3.8, 4) is 0 Å². The largest absolute Gasteiger partial charge is 0.741 e. The van der Waals surface area contributed by atoms with Crippen molar-refractivity contribution < 1.29 is 30.7 Å². The topological polar surface area (TPSA) is 66.0 Å². The molecule has 29 heavy (non-hydrogen) atoms. The molecule has 0 fully saturated rings. The summed E-state index contributed by atoms with van der Waals surface area (Å²) in [4.78, 5) is 0. The lowest BCUT2D eigenvalue weighted by Gasteiger charge is -2.09. The van der Waals surface area contributed by atoms with Gasteiger partial charge in [0.25, 0.3) is 0 Å². The van der Waals surface area contributed by atoms with Crippen LogP contribution < -0.4 is 4.57 Å². The quantitative estimate of drug-likeness (QED) is 0.359. The highest BCUT2D eigenvalue weighted by molar-refractivity contribution is 7.86. The first-order valence-electron chi connectivity index (χ1n) is 8.71. The van der Waals surface area contributed by atoms with Crippen LogP contribution in [0.15, 0.2) is 79.4 Å². The first kappa shape index (κ1) is 22.6. The molecule has 0 saturated heterocycles. The molecule has 2 unspecified atom stereocenters. The molecule has 3 rings (SSSR count). The smallest absolute Gasteiger partial charge is 0.485 e. The number of rotatable bonds is 4. The van der Waals surface area contributed by atoms with Gasteiger partial charge in [-0.05, 0) is 25.0 Å². The minimum atomic E-state index is -6.09. The molecule has 0 radical (unpaired) electrons. The summed E-state index contributed by atoms with van der Waals surface area (Å²) >= 11 is 0. The fraction of sp³-hybridized carbons (Fsp3) is 0.250.